The van der Waals surface area contributed by atoms with Gasteiger partial charge in [-0.25, -0.2) is 0 Å². The number of rotatable bonds is 1. The van der Waals surface area contributed by atoms with Crippen molar-refractivity contribution in [1.29, 1.82) is 0 Å². The molecular formula is C13H14BrClN4O. The number of hydrogen-bond acceptors (Lipinski definition) is 3. The fourth-order valence-electron chi connectivity index (χ4n) is 3.10. The first-order chi connectivity index (χ1) is 9.22. The first-order valence-corrected chi connectivity index (χ1v) is 7.19. The fraction of sp³-hybridized carbons (Fsp3) is 0.385. The fourth-order valence-corrected chi connectivity index (χ4v) is 3.46. The Labute approximate surface area is 130 Å². The van der Waals surface area contributed by atoms with E-state index in [1.165, 1.54) is 0 Å². The Kier molecular flexibility index (Phi) is 3.48. The van der Waals surface area contributed by atoms with E-state index in [4.69, 9.17) is 0 Å². The molecule has 0 unspecified atom stereocenters. The molecule has 0 aliphatic carbocycles. The highest BCUT2D eigenvalue weighted by Crippen LogP contribution is 2.27. The normalized spacial score (nSPS) is 24.1. The molecule has 1 amide bonds. The maximum absolute atomic E-state index is 12.6. The van der Waals surface area contributed by atoms with Crippen molar-refractivity contribution in [2.24, 2.45) is 0 Å². The molecule has 1 aromatic heterocycles. The highest BCUT2D eigenvalue weighted by atomic mass is 79.9. The van der Waals surface area contributed by atoms with Gasteiger partial charge in [-0.05, 0) is 24.6 Å². The minimum atomic E-state index is 0. The number of nitrogens with one attached hydrogen (secondary N) is 2. The molecule has 106 valence electrons. The van der Waals surface area contributed by atoms with E-state index >= 15 is 0 Å². The van der Waals surface area contributed by atoms with Crippen LogP contribution in [0.1, 0.15) is 16.9 Å². The molecule has 1 aromatic carbocycles. The molecule has 3 heterocycles. The molecule has 7 heteroatoms. The lowest BCUT2D eigenvalue weighted by molar-refractivity contribution is 0.0712. The van der Waals surface area contributed by atoms with Crippen LogP contribution >= 0.6 is 28.3 Å². The molecule has 2 aliphatic heterocycles. The average molecular weight is 358 g/mol. The minimum absolute atomic E-state index is 0. The van der Waals surface area contributed by atoms with E-state index in [1.807, 2.05) is 23.1 Å². The summed E-state index contributed by atoms with van der Waals surface area (Å²) in [6, 6.07) is 6.61. The quantitative estimate of drug-likeness (QED) is 0.820. The Balaban J connectivity index is 0.00000121. The number of halogens is 2. The zero-order chi connectivity index (χ0) is 13.0. The van der Waals surface area contributed by atoms with Gasteiger partial charge in [0.2, 0.25) is 0 Å². The van der Waals surface area contributed by atoms with Crippen molar-refractivity contribution < 1.29 is 4.79 Å². The Bertz CT molecular complexity index is 673. The lowest BCUT2D eigenvalue weighted by Gasteiger charge is -2.26. The smallest absolute Gasteiger partial charge is 0.275 e. The van der Waals surface area contributed by atoms with E-state index in [-0.39, 0.29) is 18.3 Å². The van der Waals surface area contributed by atoms with Crippen molar-refractivity contribution >= 4 is 45.1 Å². The van der Waals surface area contributed by atoms with Crippen LogP contribution in [0, 0.1) is 0 Å². The summed E-state index contributed by atoms with van der Waals surface area (Å²) in [5, 5.41) is 11.4. The van der Waals surface area contributed by atoms with Gasteiger partial charge in [0.1, 0.15) is 0 Å². The molecule has 2 atom stereocenters. The summed E-state index contributed by atoms with van der Waals surface area (Å²) in [5.74, 6) is 0.0440. The topological polar surface area (TPSA) is 61.0 Å². The van der Waals surface area contributed by atoms with Gasteiger partial charge in [-0.3, -0.25) is 9.89 Å². The summed E-state index contributed by atoms with van der Waals surface area (Å²) in [6.45, 7) is 1.71. The summed E-state index contributed by atoms with van der Waals surface area (Å²) in [4.78, 5) is 14.6. The number of carbonyl (C=O) groups is 1. The number of H-pyrrole nitrogens is 1. The zero-order valence-corrected chi connectivity index (χ0v) is 13.0. The Morgan fingerprint density at radius 2 is 2.30 bits per heavy atom. The summed E-state index contributed by atoms with van der Waals surface area (Å²) in [6.07, 6.45) is 1.07. The predicted molar refractivity (Wildman–Crippen MR) is 82.3 cm³/mol. The summed E-state index contributed by atoms with van der Waals surface area (Å²) < 4.78 is 0.979. The van der Waals surface area contributed by atoms with E-state index in [0.29, 0.717) is 17.8 Å². The SMILES string of the molecule is Cl.O=C(c1n[nH]c2cc(Br)ccc12)N1C[C@@H]2C[C@H]1CN2. The van der Waals surface area contributed by atoms with Gasteiger partial charge in [0.15, 0.2) is 5.69 Å². The molecular weight excluding hydrogens is 344 g/mol. The van der Waals surface area contributed by atoms with Gasteiger partial charge in [0, 0.05) is 35.0 Å². The van der Waals surface area contributed by atoms with Crippen molar-refractivity contribution in [2.75, 3.05) is 13.1 Å². The average Bonchev–Trinajstić information content (AvgIpc) is 3.11. The number of fused-ring (bicyclic) bond motifs is 3. The largest absolute Gasteiger partial charge is 0.331 e. The van der Waals surface area contributed by atoms with Crippen LogP contribution in [0.5, 0.6) is 0 Å². The zero-order valence-electron chi connectivity index (χ0n) is 10.6. The van der Waals surface area contributed by atoms with E-state index in [2.05, 4.69) is 31.4 Å². The van der Waals surface area contributed by atoms with Gasteiger partial charge in [-0.2, -0.15) is 5.10 Å². The van der Waals surface area contributed by atoms with Crippen LogP contribution in [0.2, 0.25) is 0 Å². The molecule has 2 saturated heterocycles. The molecule has 0 saturated carbocycles. The van der Waals surface area contributed by atoms with Gasteiger partial charge in [-0.1, -0.05) is 15.9 Å². The molecule has 2 N–H and O–H groups in total. The molecule has 20 heavy (non-hydrogen) atoms. The molecule has 0 radical (unpaired) electrons. The summed E-state index contributed by atoms with van der Waals surface area (Å²) in [7, 11) is 0. The van der Waals surface area contributed by atoms with Crippen molar-refractivity contribution in [3.05, 3.63) is 28.4 Å². The highest BCUT2D eigenvalue weighted by molar-refractivity contribution is 9.10. The van der Waals surface area contributed by atoms with Crippen LogP contribution in [0.15, 0.2) is 22.7 Å². The number of piperazine rings is 1. The molecule has 5 nitrogen and oxygen atoms in total. The third-order valence-corrected chi connectivity index (χ3v) is 4.54. The lowest BCUT2D eigenvalue weighted by atomic mass is 10.2. The van der Waals surface area contributed by atoms with E-state index in [0.717, 1.165) is 34.9 Å². The molecule has 2 aliphatic rings. The minimum Gasteiger partial charge on any atom is -0.331 e. The van der Waals surface area contributed by atoms with Crippen LogP contribution in [-0.2, 0) is 0 Å². The van der Waals surface area contributed by atoms with E-state index in [1.54, 1.807) is 0 Å². The number of carbonyl (C=O) groups excluding carboxylic acids is 1. The first kappa shape index (κ1) is 13.9. The van der Waals surface area contributed by atoms with Crippen molar-refractivity contribution in [1.82, 2.24) is 20.4 Å². The Hall–Kier alpha value is -1.11. The van der Waals surface area contributed by atoms with Crippen LogP contribution in [0.4, 0.5) is 0 Å². The van der Waals surface area contributed by atoms with Crippen molar-refractivity contribution in [3.8, 4) is 0 Å². The van der Waals surface area contributed by atoms with E-state index < -0.39 is 0 Å². The number of benzene rings is 1. The second-order valence-corrected chi connectivity index (χ2v) is 6.13. The maximum Gasteiger partial charge on any atom is 0.275 e. The number of likely N-dealkylation sites (tertiary alicyclic amines) is 1. The Morgan fingerprint density at radius 1 is 1.45 bits per heavy atom. The summed E-state index contributed by atoms with van der Waals surface area (Å²) >= 11 is 3.42. The first-order valence-electron chi connectivity index (χ1n) is 6.40. The van der Waals surface area contributed by atoms with Crippen LogP contribution in [0.3, 0.4) is 0 Å². The van der Waals surface area contributed by atoms with Gasteiger partial charge in [-0.15, -0.1) is 12.4 Å². The molecule has 0 spiro atoms. The second-order valence-electron chi connectivity index (χ2n) is 5.21. The predicted octanol–water partition coefficient (Wildman–Crippen LogP) is 1.93. The number of aromatic nitrogens is 2. The molecule has 2 bridgehead atoms. The van der Waals surface area contributed by atoms with E-state index in [9.17, 15) is 4.79 Å². The Morgan fingerprint density at radius 3 is 3.00 bits per heavy atom. The van der Waals surface area contributed by atoms with Gasteiger partial charge < -0.3 is 10.2 Å². The lowest BCUT2D eigenvalue weighted by Crippen LogP contribution is -2.46. The standard InChI is InChI=1S/C13H13BrN4O.ClH/c14-7-1-2-10-11(3-7)16-17-12(10)13(19)18-6-8-4-9(18)5-15-8;/h1-3,8-9,15H,4-6H2,(H,16,17);1H/t8-,9-;/m0./s1. The number of aromatic amines is 1. The number of hydrogen-bond donors (Lipinski definition) is 2. The van der Waals surface area contributed by atoms with Crippen LogP contribution in [0.25, 0.3) is 10.9 Å². The number of amides is 1. The molecule has 4 rings (SSSR count). The van der Waals surface area contributed by atoms with Crippen molar-refractivity contribution in [3.63, 3.8) is 0 Å². The van der Waals surface area contributed by atoms with Gasteiger partial charge >= 0.3 is 0 Å². The highest BCUT2D eigenvalue weighted by Gasteiger charge is 2.41. The molecule has 2 aromatic rings. The second kappa shape index (κ2) is 5.02. The van der Waals surface area contributed by atoms with Crippen LogP contribution in [-0.4, -0.2) is 46.2 Å². The number of nitrogens with zero attached hydrogens (tertiary/aromatic N) is 2. The summed E-state index contributed by atoms with van der Waals surface area (Å²) in [5.41, 5.74) is 1.43. The van der Waals surface area contributed by atoms with Gasteiger partial charge in [0.25, 0.3) is 5.91 Å². The monoisotopic (exact) mass is 356 g/mol. The van der Waals surface area contributed by atoms with Gasteiger partial charge in [0.05, 0.1) is 5.52 Å². The molecule has 2 fully saturated rings. The van der Waals surface area contributed by atoms with Crippen LogP contribution < -0.4 is 5.32 Å². The van der Waals surface area contributed by atoms with Crippen molar-refractivity contribution in [2.45, 2.75) is 18.5 Å². The maximum atomic E-state index is 12.6. The third-order valence-electron chi connectivity index (χ3n) is 4.04. The third kappa shape index (κ3) is 2.03.